The smallest absolute Gasteiger partial charge is 0.128 e. The second-order valence-corrected chi connectivity index (χ2v) is 5.14. The van der Waals surface area contributed by atoms with Crippen molar-refractivity contribution >= 4 is 0 Å². The number of benzene rings is 1. The Morgan fingerprint density at radius 3 is 2.78 bits per heavy atom. The number of halogens is 1. The van der Waals surface area contributed by atoms with Crippen LogP contribution < -0.4 is 10.5 Å². The number of ether oxygens (including phenoxy) is 1. The molecule has 1 aliphatic rings. The molecule has 100 valence electrons. The predicted molar refractivity (Wildman–Crippen MR) is 70.2 cm³/mol. The van der Waals surface area contributed by atoms with E-state index < -0.39 is 0 Å². The second kappa shape index (κ2) is 5.24. The molecule has 0 amide bonds. The van der Waals surface area contributed by atoms with Crippen LogP contribution in [0.1, 0.15) is 23.6 Å². The maximum absolute atomic E-state index is 14.1. The average Bonchev–Trinajstić information content (AvgIpc) is 2.71. The van der Waals surface area contributed by atoms with Gasteiger partial charge >= 0.3 is 0 Å². The first-order valence-electron chi connectivity index (χ1n) is 6.31. The van der Waals surface area contributed by atoms with E-state index in [0.29, 0.717) is 12.5 Å². The minimum Gasteiger partial charge on any atom is -0.496 e. The standard InChI is InChI=1S/C14H21FN2O/c1-9-4-12(15)11(6-14(9)18-3)13-5-10(7-16)8-17(13)2/h4,6,10,13H,5,7-8,16H2,1-3H3. The normalized spacial score (nSPS) is 24.5. The molecule has 0 saturated carbocycles. The van der Waals surface area contributed by atoms with Crippen LogP contribution in [-0.2, 0) is 0 Å². The quantitative estimate of drug-likeness (QED) is 0.895. The van der Waals surface area contributed by atoms with Crippen molar-refractivity contribution in [3.05, 3.63) is 29.1 Å². The molecule has 0 bridgehead atoms. The summed E-state index contributed by atoms with van der Waals surface area (Å²) in [5.41, 5.74) is 7.26. The fourth-order valence-corrected chi connectivity index (χ4v) is 2.78. The zero-order valence-electron chi connectivity index (χ0n) is 11.2. The molecule has 1 heterocycles. The van der Waals surface area contributed by atoms with Gasteiger partial charge in [-0.2, -0.15) is 0 Å². The van der Waals surface area contributed by atoms with Gasteiger partial charge in [-0.25, -0.2) is 4.39 Å². The van der Waals surface area contributed by atoms with Crippen LogP contribution >= 0.6 is 0 Å². The van der Waals surface area contributed by atoms with Gasteiger partial charge in [0.1, 0.15) is 11.6 Å². The Labute approximate surface area is 108 Å². The van der Waals surface area contributed by atoms with Crippen LogP contribution in [0, 0.1) is 18.7 Å². The largest absolute Gasteiger partial charge is 0.496 e. The first kappa shape index (κ1) is 13.3. The van der Waals surface area contributed by atoms with Crippen LogP contribution in [0.5, 0.6) is 5.75 Å². The molecule has 0 aromatic heterocycles. The molecule has 0 spiro atoms. The van der Waals surface area contributed by atoms with Gasteiger partial charge in [0.2, 0.25) is 0 Å². The van der Waals surface area contributed by atoms with Gasteiger partial charge in [0.15, 0.2) is 0 Å². The summed E-state index contributed by atoms with van der Waals surface area (Å²) in [7, 11) is 3.64. The highest BCUT2D eigenvalue weighted by Crippen LogP contribution is 2.37. The fourth-order valence-electron chi connectivity index (χ4n) is 2.78. The predicted octanol–water partition coefficient (Wildman–Crippen LogP) is 2.09. The van der Waals surface area contributed by atoms with E-state index in [1.54, 1.807) is 13.2 Å². The number of likely N-dealkylation sites (tertiary alicyclic amines) is 1. The lowest BCUT2D eigenvalue weighted by Gasteiger charge is -2.21. The van der Waals surface area contributed by atoms with Crippen molar-refractivity contribution in [1.82, 2.24) is 4.90 Å². The highest BCUT2D eigenvalue weighted by molar-refractivity contribution is 5.39. The molecule has 0 aliphatic carbocycles. The Balaban J connectivity index is 2.33. The van der Waals surface area contributed by atoms with E-state index in [9.17, 15) is 4.39 Å². The number of hydrogen-bond acceptors (Lipinski definition) is 3. The van der Waals surface area contributed by atoms with Gasteiger partial charge in [-0.05, 0) is 50.6 Å². The third kappa shape index (κ3) is 2.35. The second-order valence-electron chi connectivity index (χ2n) is 5.14. The Kier molecular flexibility index (Phi) is 3.88. The third-order valence-electron chi connectivity index (χ3n) is 3.84. The summed E-state index contributed by atoms with van der Waals surface area (Å²) in [4.78, 5) is 2.17. The van der Waals surface area contributed by atoms with Crippen molar-refractivity contribution in [3.63, 3.8) is 0 Å². The summed E-state index contributed by atoms with van der Waals surface area (Å²) in [5.74, 6) is 1.05. The number of rotatable bonds is 3. The van der Waals surface area contributed by atoms with Crippen molar-refractivity contribution in [3.8, 4) is 5.75 Å². The molecule has 1 fully saturated rings. The minimum absolute atomic E-state index is 0.105. The zero-order chi connectivity index (χ0) is 13.3. The van der Waals surface area contributed by atoms with E-state index in [4.69, 9.17) is 10.5 Å². The van der Waals surface area contributed by atoms with E-state index in [2.05, 4.69) is 4.90 Å². The van der Waals surface area contributed by atoms with Gasteiger partial charge in [0, 0.05) is 18.2 Å². The summed E-state index contributed by atoms with van der Waals surface area (Å²) in [5, 5.41) is 0. The topological polar surface area (TPSA) is 38.5 Å². The molecule has 2 N–H and O–H groups in total. The third-order valence-corrected chi connectivity index (χ3v) is 3.84. The molecule has 18 heavy (non-hydrogen) atoms. The zero-order valence-corrected chi connectivity index (χ0v) is 11.2. The molecule has 2 atom stereocenters. The van der Waals surface area contributed by atoms with Gasteiger partial charge in [-0.1, -0.05) is 0 Å². The van der Waals surface area contributed by atoms with Crippen LogP contribution in [0.25, 0.3) is 0 Å². The van der Waals surface area contributed by atoms with Crippen molar-refractivity contribution < 1.29 is 9.13 Å². The Morgan fingerprint density at radius 2 is 2.22 bits per heavy atom. The van der Waals surface area contributed by atoms with E-state index in [1.807, 2.05) is 20.0 Å². The fraction of sp³-hybridized carbons (Fsp3) is 0.571. The van der Waals surface area contributed by atoms with Crippen molar-refractivity contribution in [1.29, 1.82) is 0 Å². The van der Waals surface area contributed by atoms with Gasteiger partial charge in [0.25, 0.3) is 0 Å². The summed E-state index contributed by atoms with van der Waals surface area (Å²) in [6.07, 6.45) is 0.913. The lowest BCUT2D eigenvalue weighted by Crippen LogP contribution is -2.21. The van der Waals surface area contributed by atoms with E-state index in [0.717, 1.165) is 29.8 Å². The SMILES string of the molecule is COc1cc(C2CC(CN)CN2C)c(F)cc1C. The van der Waals surface area contributed by atoms with Crippen molar-refractivity contribution in [2.24, 2.45) is 11.7 Å². The Morgan fingerprint density at radius 1 is 1.50 bits per heavy atom. The molecule has 2 unspecified atom stereocenters. The first-order valence-corrected chi connectivity index (χ1v) is 6.31. The number of nitrogens with two attached hydrogens (primary N) is 1. The summed E-state index contributed by atoms with van der Waals surface area (Å²) < 4.78 is 19.4. The van der Waals surface area contributed by atoms with Crippen LogP contribution in [0.15, 0.2) is 12.1 Å². The molecule has 1 aromatic carbocycles. The molecule has 1 saturated heterocycles. The van der Waals surface area contributed by atoms with Gasteiger partial charge < -0.3 is 10.5 Å². The number of nitrogens with zero attached hydrogens (tertiary/aromatic N) is 1. The summed E-state index contributed by atoms with van der Waals surface area (Å²) in [6.45, 7) is 3.44. The molecular formula is C14H21FN2O. The maximum atomic E-state index is 14.1. The monoisotopic (exact) mass is 252 g/mol. The molecule has 1 aromatic rings. The molecule has 2 rings (SSSR count). The van der Waals surface area contributed by atoms with E-state index in [-0.39, 0.29) is 11.9 Å². The number of hydrogen-bond donors (Lipinski definition) is 1. The molecule has 0 radical (unpaired) electrons. The van der Waals surface area contributed by atoms with Gasteiger partial charge in [-0.15, -0.1) is 0 Å². The highest BCUT2D eigenvalue weighted by atomic mass is 19.1. The Bertz CT molecular complexity index is 436. The maximum Gasteiger partial charge on any atom is 0.128 e. The van der Waals surface area contributed by atoms with Gasteiger partial charge in [0.05, 0.1) is 7.11 Å². The van der Waals surface area contributed by atoms with E-state index in [1.165, 1.54) is 0 Å². The lowest BCUT2D eigenvalue weighted by atomic mass is 9.98. The molecule has 3 nitrogen and oxygen atoms in total. The average molecular weight is 252 g/mol. The van der Waals surface area contributed by atoms with Crippen molar-refractivity contribution in [2.45, 2.75) is 19.4 Å². The van der Waals surface area contributed by atoms with E-state index >= 15 is 0 Å². The summed E-state index contributed by atoms with van der Waals surface area (Å²) in [6, 6.07) is 3.48. The molecule has 1 aliphatic heterocycles. The lowest BCUT2D eigenvalue weighted by molar-refractivity contribution is 0.305. The first-order chi connectivity index (χ1) is 8.56. The number of aryl methyl sites for hydroxylation is 1. The van der Waals surface area contributed by atoms with Crippen LogP contribution in [0.4, 0.5) is 4.39 Å². The molecule has 4 heteroatoms. The van der Waals surface area contributed by atoms with Crippen LogP contribution in [0.3, 0.4) is 0 Å². The van der Waals surface area contributed by atoms with Crippen molar-refractivity contribution in [2.75, 3.05) is 27.2 Å². The summed E-state index contributed by atoms with van der Waals surface area (Å²) >= 11 is 0. The molecular weight excluding hydrogens is 231 g/mol. The minimum atomic E-state index is -0.150. The van der Waals surface area contributed by atoms with Crippen LogP contribution in [-0.4, -0.2) is 32.1 Å². The number of methoxy groups -OCH3 is 1. The van der Waals surface area contributed by atoms with Gasteiger partial charge in [-0.3, -0.25) is 4.90 Å². The Hall–Kier alpha value is -1.13. The van der Waals surface area contributed by atoms with Crippen LogP contribution in [0.2, 0.25) is 0 Å². The highest BCUT2D eigenvalue weighted by Gasteiger charge is 2.31.